The molecule has 2 nitrogen and oxygen atoms in total. The van der Waals surface area contributed by atoms with Crippen LogP contribution in [0.15, 0.2) is 11.4 Å². The number of nitrogens with two attached hydrogens (primary N) is 1. The molecular formula is C10H17ClN2S. The normalized spacial score (nSPS) is 15.4. The molecule has 0 fully saturated rings. The van der Waals surface area contributed by atoms with E-state index in [-0.39, 0.29) is 6.04 Å². The fraction of sp³-hybridized carbons (Fsp3) is 0.600. The highest BCUT2D eigenvalue weighted by Crippen LogP contribution is 2.33. The van der Waals surface area contributed by atoms with E-state index in [2.05, 4.69) is 19.3 Å². The zero-order chi connectivity index (χ0) is 10.6. The van der Waals surface area contributed by atoms with Crippen molar-refractivity contribution in [1.82, 2.24) is 5.43 Å². The Morgan fingerprint density at radius 2 is 2.36 bits per heavy atom. The Balaban J connectivity index is 2.76. The summed E-state index contributed by atoms with van der Waals surface area (Å²) >= 11 is 7.73. The van der Waals surface area contributed by atoms with E-state index >= 15 is 0 Å². The van der Waals surface area contributed by atoms with E-state index in [1.807, 2.05) is 11.4 Å². The summed E-state index contributed by atoms with van der Waals surface area (Å²) in [5, 5.41) is 2.82. The highest BCUT2D eigenvalue weighted by molar-refractivity contribution is 7.10. The minimum Gasteiger partial charge on any atom is -0.271 e. The first-order valence-corrected chi connectivity index (χ1v) is 6.15. The first-order valence-electron chi connectivity index (χ1n) is 4.89. The molecule has 0 aliphatic heterocycles. The number of nitrogens with one attached hydrogen (secondary N) is 1. The van der Waals surface area contributed by atoms with Gasteiger partial charge in [0.15, 0.2) is 0 Å². The van der Waals surface area contributed by atoms with Gasteiger partial charge in [-0.25, -0.2) is 0 Å². The molecule has 0 aliphatic rings. The van der Waals surface area contributed by atoms with Crippen LogP contribution in [0.4, 0.5) is 0 Å². The highest BCUT2D eigenvalue weighted by atomic mass is 35.5. The third-order valence-electron chi connectivity index (χ3n) is 2.42. The van der Waals surface area contributed by atoms with Crippen molar-refractivity contribution in [1.29, 1.82) is 0 Å². The minimum atomic E-state index is 0.183. The summed E-state index contributed by atoms with van der Waals surface area (Å²) < 4.78 is 0. The number of rotatable bonds is 5. The molecule has 3 N–H and O–H groups in total. The van der Waals surface area contributed by atoms with E-state index in [4.69, 9.17) is 17.4 Å². The largest absolute Gasteiger partial charge is 0.271 e. The number of thiophene rings is 1. The van der Waals surface area contributed by atoms with Crippen LogP contribution in [0.25, 0.3) is 0 Å². The van der Waals surface area contributed by atoms with Crippen molar-refractivity contribution in [2.45, 2.75) is 32.7 Å². The fourth-order valence-corrected chi connectivity index (χ4v) is 3.01. The molecule has 1 rings (SSSR count). The summed E-state index contributed by atoms with van der Waals surface area (Å²) in [6.07, 6.45) is 2.32. The third-order valence-corrected chi connectivity index (χ3v) is 3.86. The molecule has 2 unspecified atom stereocenters. The molecule has 0 saturated heterocycles. The van der Waals surface area contributed by atoms with Crippen LogP contribution >= 0.6 is 22.9 Å². The summed E-state index contributed by atoms with van der Waals surface area (Å²) in [6, 6.07) is 2.10. The molecule has 0 amide bonds. The molecule has 80 valence electrons. The molecule has 14 heavy (non-hydrogen) atoms. The minimum absolute atomic E-state index is 0.183. The second kappa shape index (κ2) is 5.71. The maximum Gasteiger partial charge on any atom is 0.0593 e. The van der Waals surface area contributed by atoms with Gasteiger partial charge < -0.3 is 0 Å². The lowest BCUT2D eigenvalue weighted by molar-refractivity contribution is 0.373. The molecule has 2 atom stereocenters. The Hall–Kier alpha value is -0.0900. The van der Waals surface area contributed by atoms with Crippen LogP contribution in [0.2, 0.25) is 5.02 Å². The smallest absolute Gasteiger partial charge is 0.0593 e. The van der Waals surface area contributed by atoms with Gasteiger partial charge in [0.05, 0.1) is 11.1 Å². The third kappa shape index (κ3) is 2.70. The maximum absolute atomic E-state index is 6.07. The Bertz CT molecular complexity index is 275. The van der Waals surface area contributed by atoms with Gasteiger partial charge in [-0.05, 0) is 23.8 Å². The zero-order valence-corrected chi connectivity index (χ0v) is 10.2. The molecule has 0 saturated carbocycles. The number of hydrogen-bond donors (Lipinski definition) is 2. The average Bonchev–Trinajstić information content (AvgIpc) is 2.54. The van der Waals surface area contributed by atoms with Crippen molar-refractivity contribution in [2.75, 3.05) is 0 Å². The van der Waals surface area contributed by atoms with Gasteiger partial charge in [-0.3, -0.25) is 11.3 Å². The predicted molar refractivity (Wildman–Crippen MR) is 63.5 cm³/mol. The Kier molecular flexibility index (Phi) is 4.89. The SMILES string of the molecule is CCCC(C)C(NN)c1sccc1Cl. The van der Waals surface area contributed by atoms with E-state index < -0.39 is 0 Å². The topological polar surface area (TPSA) is 38.0 Å². The molecule has 1 aromatic rings. The monoisotopic (exact) mass is 232 g/mol. The first-order chi connectivity index (χ1) is 6.70. The van der Waals surface area contributed by atoms with Crippen LogP contribution in [0.5, 0.6) is 0 Å². The highest BCUT2D eigenvalue weighted by Gasteiger charge is 2.20. The lowest BCUT2D eigenvalue weighted by Gasteiger charge is -2.22. The van der Waals surface area contributed by atoms with E-state index in [1.54, 1.807) is 11.3 Å². The van der Waals surface area contributed by atoms with Gasteiger partial charge in [0.1, 0.15) is 0 Å². The fourth-order valence-electron chi connectivity index (χ4n) is 1.65. The second-order valence-electron chi connectivity index (χ2n) is 3.54. The van der Waals surface area contributed by atoms with Gasteiger partial charge >= 0.3 is 0 Å². The Labute approximate surface area is 94.4 Å². The van der Waals surface area contributed by atoms with Crippen LogP contribution in [0.3, 0.4) is 0 Å². The standard InChI is InChI=1S/C10H17ClN2S/c1-3-4-7(2)9(13-12)10-8(11)5-6-14-10/h5-7,9,13H,3-4,12H2,1-2H3. The van der Waals surface area contributed by atoms with Crippen LogP contribution in [0.1, 0.15) is 37.6 Å². The number of hydrogen-bond acceptors (Lipinski definition) is 3. The zero-order valence-electron chi connectivity index (χ0n) is 8.59. The van der Waals surface area contributed by atoms with Crippen molar-refractivity contribution < 1.29 is 0 Å². The summed E-state index contributed by atoms with van der Waals surface area (Å²) in [5.74, 6) is 6.08. The van der Waals surface area contributed by atoms with Crippen LogP contribution in [0, 0.1) is 5.92 Å². The maximum atomic E-state index is 6.07. The predicted octanol–water partition coefficient (Wildman–Crippen LogP) is 3.34. The van der Waals surface area contributed by atoms with Gasteiger partial charge in [0, 0.05) is 4.88 Å². The van der Waals surface area contributed by atoms with E-state index in [1.165, 1.54) is 6.42 Å². The molecule has 0 aliphatic carbocycles. The Morgan fingerprint density at radius 1 is 1.64 bits per heavy atom. The van der Waals surface area contributed by atoms with Crippen molar-refractivity contribution in [3.63, 3.8) is 0 Å². The van der Waals surface area contributed by atoms with E-state index in [0.29, 0.717) is 5.92 Å². The molecule has 0 aromatic carbocycles. The summed E-state index contributed by atoms with van der Waals surface area (Å²) in [6.45, 7) is 4.38. The summed E-state index contributed by atoms with van der Waals surface area (Å²) in [5.41, 5.74) is 2.86. The molecule has 0 bridgehead atoms. The van der Waals surface area contributed by atoms with E-state index in [0.717, 1.165) is 16.3 Å². The van der Waals surface area contributed by atoms with Crippen molar-refractivity contribution >= 4 is 22.9 Å². The van der Waals surface area contributed by atoms with Gasteiger partial charge in [0.25, 0.3) is 0 Å². The molecule has 4 heteroatoms. The van der Waals surface area contributed by atoms with Crippen molar-refractivity contribution in [3.8, 4) is 0 Å². The van der Waals surface area contributed by atoms with E-state index in [9.17, 15) is 0 Å². The molecular weight excluding hydrogens is 216 g/mol. The van der Waals surface area contributed by atoms with Gasteiger partial charge in [-0.2, -0.15) is 0 Å². The van der Waals surface area contributed by atoms with Gasteiger partial charge in [0.2, 0.25) is 0 Å². The summed E-state index contributed by atoms with van der Waals surface area (Å²) in [7, 11) is 0. The first kappa shape index (κ1) is 12.0. The van der Waals surface area contributed by atoms with Crippen LogP contribution in [-0.2, 0) is 0 Å². The molecule has 1 aromatic heterocycles. The second-order valence-corrected chi connectivity index (χ2v) is 4.90. The molecule has 0 spiro atoms. The Morgan fingerprint density at radius 3 is 2.79 bits per heavy atom. The van der Waals surface area contributed by atoms with Crippen LogP contribution < -0.4 is 11.3 Å². The summed E-state index contributed by atoms with van der Waals surface area (Å²) in [4.78, 5) is 1.15. The lowest BCUT2D eigenvalue weighted by Crippen LogP contribution is -2.32. The molecule has 0 radical (unpaired) electrons. The number of hydrazine groups is 1. The van der Waals surface area contributed by atoms with Crippen molar-refractivity contribution in [3.05, 3.63) is 21.3 Å². The number of halogens is 1. The van der Waals surface area contributed by atoms with Crippen LogP contribution in [-0.4, -0.2) is 0 Å². The quantitative estimate of drug-likeness (QED) is 0.604. The van der Waals surface area contributed by atoms with Crippen molar-refractivity contribution in [2.24, 2.45) is 11.8 Å². The van der Waals surface area contributed by atoms with Gasteiger partial charge in [-0.15, -0.1) is 11.3 Å². The van der Waals surface area contributed by atoms with Gasteiger partial charge in [-0.1, -0.05) is 31.9 Å². The average molecular weight is 233 g/mol. The molecule has 1 heterocycles. The lowest BCUT2D eigenvalue weighted by atomic mass is 9.96.